The number of carbonyl (C=O) groups is 1. The van der Waals surface area contributed by atoms with E-state index in [0.717, 1.165) is 5.56 Å². The lowest BCUT2D eigenvalue weighted by molar-refractivity contribution is -0.142. The fraction of sp³-hybridized carbons (Fsp3) is 0.308. The van der Waals surface area contributed by atoms with Crippen molar-refractivity contribution in [1.82, 2.24) is 15.2 Å². The molecule has 1 aromatic heterocycles. The van der Waals surface area contributed by atoms with Crippen molar-refractivity contribution >= 4 is 23.5 Å². The van der Waals surface area contributed by atoms with Gasteiger partial charge in [0.25, 0.3) is 0 Å². The number of hydrogen-bond acceptors (Lipinski definition) is 7. The first kappa shape index (κ1) is 15.9. The number of aromatic amines is 1. The third-order valence-electron chi connectivity index (χ3n) is 2.73. The Morgan fingerprint density at radius 2 is 2.23 bits per heavy atom. The number of halogens is 1. The second kappa shape index (κ2) is 7.51. The van der Waals surface area contributed by atoms with Crippen LogP contribution >= 0.6 is 11.6 Å². The Kier molecular flexibility index (Phi) is 5.42. The molecular weight excluding hydrogens is 312 g/mol. The van der Waals surface area contributed by atoms with Crippen LogP contribution in [0.2, 0.25) is 5.02 Å². The van der Waals surface area contributed by atoms with Crippen LogP contribution in [-0.2, 0) is 16.1 Å². The average Bonchev–Trinajstić information content (AvgIpc) is 3.04. The minimum atomic E-state index is -0.505. The third-order valence-corrected chi connectivity index (χ3v) is 3.01. The summed E-state index contributed by atoms with van der Waals surface area (Å²) >= 11 is 6.18. The van der Waals surface area contributed by atoms with Crippen molar-refractivity contribution in [2.24, 2.45) is 0 Å². The lowest BCUT2D eigenvalue weighted by Crippen LogP contribution is -2.13. The first-order valence-electron chi connectivity index (χ1n) is 6.29. The minimum absolute atomic E-state index is 0.248. The van der Waals surface area contributed by atoms with Gasteiger partial charge >= 0.3 is 5.97 Å². The van der Waals surface area contributed by atoms with Crippen molar-refractivity contribution in [3.05, 3.63) is 29.0 Å². The zero-order chi connectivity index (χ0) is 15.9. The molecule has 0 aliphatic rings. The molecule has 9 heteroatoms. The zero-order valence-electron chi connectivity index (χ0n) is 12.1. The van der Waals surface area contributed by atoms with E-state index in [0.29, 0.717) is 23.3 Å². The quantitative estimate of drug-likeness (QED) is 0.746. The molecule has 0 saturated carbocycles. The second-order valence-corrected chi connectivity index (χ2v) is 4.57. The maximum Gasteiger partial charge on any atom is 0.343 e. The normalized spacial score (nSPS) is 10.1. The Labute approximate surface area is 131 Å². The van der Waals surface area contributed by atoms with Gasteiger partial charge in [0.1, 0.15) is 6.33 Å². The summed E-state index contributed by atoms with van der Waals surface area (Å²) in [6.07, 6.45) is 1.40. The van der Waals surface area contributed by atoms with Gasteiger partial charge in [-0.3, -0.25) is 0 Å². The number of methoxy groups -OCH3 is 2. The van der Waals surface area contributed by atoms with E-state index in [1.54, 1.807) is 12.1 Å². The molecule has 0 unspecified atom stereocenters. The van der Waals surface area contributed by atoms with Crippen LogP contribution in [0, 0.1) is 0 Å². The molecule has 0 spiro atoms. The SMILES string of the molecule is COC(=O)COc1c(Cl)cc(CNc2ncn[nH]2)cc1OC. The molecule has 1 aromatic carbocycles. The summed E-state index contributed by atoms with van der Waals surface area (Å²) in [5.74, 6) is 0.749. The number of aromatic nitrogens is 3. The van der Waals surface area contributed by atoms with Crippen molar-refractivity contribution in [2.45, 2.75) is 6.54 Å². The molecule has 0 saturated heterocycles. The van der Waals surface area contributed by atoms with Crippen LogP contribution in [-0.4, -0.2) is 42.0 Å². The van der Waals surface area contributed by atoms with Crippen LogP contribution in [0.5, 0.6) is 11.5 Å². The zero-order valence-corrected chi connectivity index (χ0v) is 12.8. The first-order valence-corrected chi connectivity index (χ1v) is 6.67. The monoisotopic (exact) mass is 326 g/mol. The van der Waals surface area contributed by atoms with Crippen molar-refractivity contribution in [3.63, 3.8) is 0 Å². The van der Waals surface area contributed by atoms with Gasteiger partial charge in [0.2, 0.25) is 5.95 Å². The fourth-order valence-corrected chi connectivity index (χ4v) is 1.97. The Balaban J connectivity index is 2.10. The molecule has 0 radical (unpaired) electrons. The second-order valence-electron chi connectivity index (χ2n) is 4.16. The van der Waals surface area contributed by atoms with Gasteiger partial charge in [0, 0.05) is 6.54 Å². The van der Waals surface area contributed by atoms with Crippen LogP contribution in [0.15, 0.2) is 18.5 Å². The Morgan fingerprint density at radius 3 is 2.86 bits per heavy atom. The van der Waals surface area contributed by atoms with E-state index in [2.05, 4.69) is 25.2 Å². The maximum atomic E-state index is 11.1. The average molecular weight is 327 g/mol. The molecule has 0 aliphatic carbocycles. The molecule has 0 atom stereocenters. The Bertz CT molecular complexity index is 633. The van der Waals surface area contributed by atoms with E-state index >= 15 is 0 Å². The molecule has 0 aliphatic heterocycles. The lowest BCUT2D eigenvalue weighted by Gasteiger charge is -2.13. The molecule has 2 aromatic rings. The smallest absolute Gasteiger partial charge is 0.343 e. The van der Waals surface area contributed by atoms with Crippen LogP contribution < -0.4 is 14.8 Å². The van der Waals surface area contributed by atoms with E-state index in [1.807, 2.05) is 0 Å². The van der Waals surface area contributed by atoms with Crippen molar-refractivity contribution in [3.8, 4) is 11.5 Å². The predicted octanol–water partition coefficient (Wildman–Crippen LogP) is 1.63. The molecule has 0 amide bonds. The van der Waals surface area contributed by atoms with Crippen molar-refractivity contribution < 1.29 is 19.0 Å². The van der Waals surface area contributed by atoms with Gasteiger partial charge in [-0.2, -0.15) is 5.10 Å². The number of benzene rings is 1. The largest absolute Gasteiger partial charge is 0.493 e. The number of nitrogens with one attached hydrogen (secondary N) is 2. The molecule has 22 heavy (non-hydrogen) atoms. The van der Waals surface area contributed by atoms with Gasteiger partial charge in [-0.1, -0.05) is 11.6 Å². The van der Waals surface area contributed by atoms with Gasteiger partial charge < -0.3 is 19.5 Å². The van der Waals surface area contributed by atoms with E-state index in [9.17, 15) is 4.79 Å². The van der Waals surface area contributed by atoms with Gasteiger partial charge in [-0.15, -0.1) is 0 Å². The summed E-state index contributed by atoms with van der Waals surface area (Å²) in [6, 6.07) is 3.46. The summed E-state index contributed by atoms with van der Waals surface area (Å²) in [7, 11) is 2.77. The molecular formula is C13H15ClN4O4. The number of ether oxygens (including phenoxy) is 3. The van der Waals surface area contributed by atoms with Crippen LogP contribution in [0.3, 0.4) is 0 Å². The summed E-state index contributed by atoms with van der Waals surface area (Å²) in [5, 5.41) is 9.80. The number of H-pyrrole nitrogens is 1. The highest BCUT2D eigenvalue weighted by atomic mass is 35.5. The van der Waals surface area contributed by atoms with E-state index < -0.39 is 5.97 Å². The van der Waals surface area contributed by atoms with E-state index in [4.69, 9.17) is 21.1 Å². The Hall–Kier alpha value is -2.48. The number of anilines is 1. The highest BCUT2D eigenvalue weighted by Crippen LogP contribution is 2.36. The fourth-order valence-electron chi connectivity index (χ4n) is 1.68. The number of hydrogen-bond donors (Lipinski definition) is 2. The highest BCUT2D eigenvalue weighted by Gasteiger charge is 2.14. The van der Waals surface area contributed by atoms with E-state index in [-0.39, 0.29) is 12.4 Å². The predicted molar refractivity (Wildman–Crippen MR) is 79.2 cm³/mol. The third kappa shape index (κ3) is 4.01. The lowest BCUT2D eigenvalue weighted by atomic mass is 10.2. The Morgan fingerprint density at radius 1 is 1.41 bits per heavy atom. The first-order chi connectivity index (χ1) is 10.6. The van der Waals surface area contributed by atoms with Crippen molar-refractivity contribution in [2.75, 3.05) is 26.1 Å². The summed E-state index contributed by atoms with van der Waals surface area (Å²) < 4.78 is 15.1. The molecule has 0 fully saturated rings. The standard InChI is InChI=1S/C13H15ClN4O4/c1-20-10-4-8(5-15-13-16-7-17-18-13)3-9(14)12(10)22-6-11(19)21-2/h3-4,7H,5-6H2,1-2H3,(H2,15,16,17,18). The molecule has 2 rings (SSSR count). The van der Waals surface area contributed by atoms with Crippen LogP contribution in [0.4, 0.5) is 5.95 Å². The van der Waals surface area contributed by atoms with Gasteiger partial charge in [-0.25, -0.2) is 14.9 Å². The van der Waals surface area contributed by atoms with Gasteiger partial charge in [0.05, 0.1) is 19.2 Å². The summed E-state index contributed by atoms with van der Waals surface area (Å²) in [6.45, 7) is 0.213. The number of esters is 1. The van der Waals surface area contributed by atoms with E-state index in [1.165, 1.54) is 20.5 Å². The molecule has 8 nitrogen and oxygen atoms in total. The topological polar surface area (TPSA) is 98.4 Å². The van der Waals surface area contributed by atoms with Crippen LogP contribution in [0.1, 0.15) is 5.56 Å². The molecule has 2 N–H and O–H groups in total. The molecule has 0 bridgehead atoms. The van der Waals surface area contributed by atoms with Crippen molar-refractivity contribution in [1.29, 1.82) is 0 Å². The maximum absolute atomic E-state index is 11.1. The molecule has 1 heterocycles. The minimum Gasteiger partial charge on any atom is -0.493 e. The van der Waals surface area contributed by atoms with Gasteiger partial charge in [0.15, 0.2) is 18.1 Å². The number of rotatable bonds is 7. The summed E-state index contributed by atoms with van der Waals surface area (Å²) in [5.41, 5.74) is 0.851. The van der Waals surface area contributed by atoms with Crippen LogP contribution in [0.25, 0.3) is 0 Å². The van der Waals surface area contributed by atoms with Gasteiger partial charge in [-0.05, 0) is 17.7 Å². The summed E-state index contributed by atoms with van der Waals surface area (Å²) in [4.78, 5) is 15.1. The number of nitrogens with zero attached hydrogens (tertiary/aromatic N) is 2. The molecule has 118 valence electrons. The number of carbonyl (C=O) groups excluding carboxylic acids is 1. The highest BCUT2D eigenvalue weighted by molar-refractivity contribution is 6.32.